The van der Waals surface area contributed by atoms with E-state index in [0.717, 1.165) is 62.9 Å². The number of benzene rings is 3. The Morgan fingerprint density at radius 2 is 1.67 bits per heavy atom. The Balaban J connectivity index is 1.21. The molecular formula is C32H42ClN5O4S. The van der Waals surface area contributed by atoms with Gasteiger partial charge in [-0.3, -0.25) is 4.72 Å². The van der Waals surface area contributed by atoms with Crippen molar-refractivity contribution in [3.63, 3.8) is 0 Å². The number of aliphatic hydroxyl groups is 1. The molecule has 11 heteroatoms. The smallest absolute Gasteiger partial charge is 0.319 e. The standard InChI is InChI=1S/C32H42ClN5O4S/c1-2-3-4-5-19-34-32(40)36-27-11-15-30(16-12-27)43(41,42)37-28-9-13-29(14-10-28)38-20-17-26(18-21-38)35-23-31(39)24-7-6-8-25(33)22-24/h6-16,22,26,31,35,37,39H,2-5,17-21,23H2,1H3,(H2,34,36,40)/t31-/m1/s1. The summed E-state index contributed by atoms with van der Waals surface area (Å²) in [5.74, 6) is 0. The van der Waals surface area contributed by atoms with Crippen molar-refractivity contribution in [2.45, 2.75) is 62.5 Å². The third-order valence-corrected chi connectivity index (χ3v) is 9.18. The number of nitrogens with one attached hydrogen (secondary N) is 4. The minimum absolute atomic E-state index is 0.108. The quantitative estimate of drug-likeness (QED) is 0.137. The Morgan fingerprint density at radius 1 is 0.977 bits per heavy atom. The molecule has 1 atom stereocenters. The molecule has 1 saturated heterocycles. The lowest BCUT2D eigenvalue weighted by molar-refractivity contribution is 0.167. The summed E-state index contributed by atoms with van der Waals surface area (Å²) < 4.78 is 28.5. The van der Waals surface area contributed by atoms with Crippen molar-refractivity contribution in [1.82, 2.24) is 10.6 Å². The van der Waals surface area contributed by atoms with E-state index in [2.05, 4.69) is 32.5 Å². The predicted octanol–water partition coefficient (Wildman–Crippen LogP) is 6.13. The van der Waals surface area contributed by atoms with E-state index in [1.54, 1.807) is 36.4 Å². The molecular weight excluding hydrogens is 586 g/mol. The van der Waals surface area contributed by atoms with Crippen LogP contribution in [0.2, 0.25) is 5.02 Å². The number of aliphatic hydroxyl groups excluding tert-OH is 1. The number of hydrogen-bond acceptors (Lipinski definition) is 6. The molecule has 0 aliphatic carbocycles. The van der Waals surface area contributed by atoms with Crippen LogP contribution in [0.15, 0.2) is 77.7 Å². The van der Waals surface area contributed by atoms with Crippen molar-refractivity contribution in [3.8, 4) is 0 Å². The number of piperidine rings is 1. The molecule has 0 bridgehead atoms. The van der Waals surface area contributed by atoms with Crippen molar-refractivity contribution < 1.29 is 18.3 Å². The minimum atomic E-state index is -3.79. The summed E-state index contributed by atoms with van der Waals surface area (Å²) in [6, 6.07) is 20.7. The molecule has 1 fully saturated rings. The van der Waals surface area contributed by atoms with Crippen LogP contribution in [0.25, 0.3) is 0 Å². The average Bonchev–Trinajstić information content (AvgIpc) is 3.00. The fourth-order valence-electron chi connectivity index (χ4n) is 5.05. The van der Waals surface area contributed by atoms with Crippen molar-refractivity contribution >= 4 is 44.7 Å². The average molecular weight is 628 g/mol. The second-order valence-corrected chi connectivity index (χ2v) is 13.0. The first-order valence-corrected chi connectivity index (χ1v) is 16.8. The summed E-state index contributed by atoms with van der Waals surface area (Å²) in [5, 5.41) is 20.1. The Hall–Kier alpha value is -3.31. The lowest BCUT2D eigenvalue weighted by Gasteiger charge is -2.34. The normalized spacial score (nSPS) is 14.7. The van der Waals surface area contributed by atoms with Crippen molar-refractivity contribution in [3.05, 3.63) is 83.4 Å². The van der Waals surface area contributed by atoms with Crippen molar-refractivity contribution in [2.75, 3.05) is 41.1 Å². The number of urea groups is 1. The molecule has 3 aromatic rings. The first-order valence-electron chi connectivity index (χ1n) is 14.9. The Labute approximate surface area is 260 Å². The monoisotopic (exact) mass is 627 g/mol. The second-order valence-electron chi connectivity index (χ2n) is 10.9. The van der Waals surface area contributed by atoms with Crippen LogP contribution in [0, 0.1) is 0 Å². The van der Waals surface area contributed by atoms with Gasteiger partial charge in [0, 0.05) is 54.3 Å². The first kappa shape index (κ1) is 32.6. The second kappa shape index (κ2) is 16.0. The molecule has 4 rings (SSSR count). The van der Waals surface area contributed by atoms with Gasteiger partial charge in [-0.05, 0) is 85.5 Å². The van der Waals surface area contributed by atoms with Crippen LogP contribution in [0.3, 0.4) is 0 Å². The lowest BCUT2D eigenvalue weighted by Crippen LogP contribution is -2.43. The van der Waals surface area contributed by atoms with Gasteiger partial charge in [0.2, 0.25) is 0 Å². The summed E-state index contributed by atoms with van der Waals surface area (Å²) in [6.07, 6.45) is 5.55. The SMILES string of the molecule is CCCCCCNC(=O)Nc1ccc(S(=O)(=O)Nc2ccc(N3CCC(NC[C@@H](O)c4cccc(Cl)c4)CC3)cc2)cc1. The van der Waals surface area contributed by atoms with Gasteiger partial charge in [-0.1, -0.05) is 49.9 Å². The van der Waals surface area contributed by atoms with Gasteiger partial charge in [-0.15, -0.1) is 0 Å². The molecule has 1 aliphatic rings. The van der Waals surface area contributed by atoms with Gasteiger partial charge in [0.1, 0.15) is 0 Å². The molecule has 9 nitrogen and oxygen atoms in total. The highest BCUT2D eigenvalue weighted by Gasteiger charge is 2.21. The highest BCUT2D eigenvalue weighted by molar-refractivity contribution is 7.92. The number of rotatable bonds is 14. The maximum Gasteiger partial charge on any atom is 0.319 e. The van der Waals surface area contributed by atoms with Gasteiger partial charge in [-0.25, -0.2) is 13.2 Å². The van der Waals surface area contributed by atoms with E-state index in [4.69, 9.17) is 11.6 Å². The lowest BCUT2D eigenvalue weighted by atomic mass is 10.0. The fourth-order valence-corrected chi connectivity index (χ4v) is 6.31. The van der Waals surface area contributed by atoms with Gasteiger partial charge < -0.3 is 26.0 Å². The fraction of sp³-hybridized carbons (Fsp3) is 0.406. The zero-order valence-corrected chi connectivity index (χ0v) is 26.1. The maximum absolute atomic E-state index is 12.9. The number of nitrogens with zero attached hydrogens (tertiary/aromatic N) is 1. The van der Waals surface area contributed by atoms with Gasteiger partial charge in [-0.2, -0.15) is 0 Å². The van der Waals surface area contributed by atoms with Crippen molar-refractivity contribution in [1.29, 1.82) is 0 Å². The summed E-state index contributed by atoms with van der Waals surface area (Å²) in [4.78, 5) is 14.4. The molecule has 0 saturated carbocycles. The zero-order valence-electron chi connectivity index (χ0n) is 24.6. The van der Waals surface area contributed by atoms with E-state index in [9.17, 15) is 18.3 Å². The van der Waals surface area contributed by atoms with Crippen LogP contribution in [0.4, 0.5) is 21.9 Å². The number of anilines is 3. The molecule has 0 unspecified atom stereocenters. The number of amides is 2. The largest absolute Gasteiger partial charge is 0.387 e. The Kier molecular flexibility index (Phi) is 12.1. The first-order chi connectivity index (χ1) is 20.7. The summed E-state index contributed by atoms with van der Waals surface area (Å²) in [5.41, 5.74) is 2.82. The summed E-state index contributed by atoms with van der Waals surface area (Å²) >= 11 is 6.04. The molecule has 5 N–H and O–H groups in total. The molecule has 0 radical (unpaired) electrons. The molecule has 1 heterocycles. The molecule has 3 aromatic carbocycles. The topological polar surface area (TPSA) is 123 Å². The van der Waals surface area contributed by atoms with Gasteiger partial charge >= 0.3 is 6.03 Å². The zero-order chi connectivity index (χ0) is 30.7. The van der Waals surface area contributed by atoms with E-state index < -0.39 is 16.1 Å². The number of halogens is 1. The molecule has 1 aliphatic heterocycles. The molecule has 232 valence electrons. The Bertz CT molecular complexity index is 1410. The number of unbranched alkanes of at least 4 members (excludes halogenated alkanes) is 3. The van der Waals surface area contributed by atoms with Crippen LogP contribution in [-0.4, -0.2) is 51.8 Å². The van der Waals surface area contributed by atoms with Crippen LogP contribution in [0.1, 0.15) is 57.1 Å². The van der Waals surface area contributed by atoms with E-state index in [0.29, 0.717) is 35.5 Å². The molecule has 0 aromatic heterocycles. The number of carbonyl (C=O) groups excluding carboxylic acids is 1. The highest BCUT2D eigenvalue weighted by atomic mass is 35.5. The maximum atomic E-state index is 12.9. The minimum Gasteiger partial charge on any atom is -0.387 e. The van der Waals surface area contributed by atoms with Crippen LogP contribution < -0.4 is 25.6 Å². The van der Waals surface area contributed by atoms with E-state index in [-0.39, 0.29) is 10.9 Å². The number of sulfonamides is 1. The molecule has 0 spiro atoms. The van der Waals surface area contributed by atoms with Gasteiger partial charge in [0.25, 0.3) is 10.0 Å². The van der Waals surface area contributed by atoms with Gasteiger partial charge in [0.15, 0.2) is 0 Å². The molecule has 2 amide bonds. The number of carbonyl (C=O) groups is 1. The van der Waals surface area contributed by atoms with Crippen molar-refractivity contribution in [2.24, 2.45) is 0 Å². The van der Waals surface area contributed by atoms with Gasteiger partial charge in [0.05, 0.1) is 11.0 Å². The predicted molar refractivity (Wildman–Crippen MR) is 175 cm³/mol. The molecule has 43 heavy (non-hydrogen) atoms. The number of hydrogen-bond donors (Lipinski definition) is 5. The van der Waals surface area contributed by atoms with Crippen LogP contribution in [-0.2, 0) is 10.0 Å². The summed E-state index contributed by atoms with van der Waals surface area (Å²) in [6.45, 7) is 4.92. The van der Waals surface area contributed by atoms with Crippen LogP contribution in [0.5, 0.6) is 0 Å². The summed E-state index contributed by atoms with van der Waals surface area (Å²) in [7, 11) is -3.79. The van der Waals surface area contributed by atoms with E-state index >= 15 is 0 Å². The highest BCUT2D eigenvalue weighted by Crippen LogP contribution is 2.25. The third-order valence-electron chi connectivity index (χ3n) is 7.55. The van der Waals surface area contributed by atoms with E-state index in [1.165, 1.54) is 12.1 Å². The van der Waals surface area contributed by atoms with E-state index in [1.807, 2.05) is 24.3 Å². The Morgan fingerprint density at radius 3 is 2.35 bits per heavy atom. The van der Waals surface area contributed by atoms with Crippen LogP contribution >= 0.6 is 11.6 Å². The third kappa shape index (κ3) is 10.1.